The van der Waals surface area contributed by atoms with Gasteiger partial charge in [-0.25, -0.2) is 0 Å². The molecular weight excluding hydrogens is 610 g/mol. The van der Waals surface area contributed by atoms with Crippen LogP contribution in [0.15, 0.2) is 51.4 Å². The molecule has 1 nitrogen and oxygen atoms in total. The van der Waals surface area contributed by atoms with Gasteiger partial charge in [0.15, 0.2) is 5.78 Å². The number of aryl methyl sites for hydroxylation is 1. The molecule has 0 N–H and O–H groups in total. The van der Waals surface area contributed by atoms with E-state index in [1.807, 2.05) is 0 Å². The van der Waals surface area contributed by atoms with Crippen LogP contribution in [-0.4, -0.2) is 29.6 Å². The Morgan fingerprint density at radius 3 is 2.18 bits per heavy atom. The highest BCUT2D eigenvalue weighted by atomic mass is 79.9. The SMILES string of the molecule is Cc1cc(/C=C/C(c2cc(Br)cc(Br)c2)C(F)(F)F)ccc1C(=O)C[C@H](C)CSCC(F)(F)F. The minimum Gasteiger partial charge on any atom is -0.294 e. The number of hydrogen-bond acceptors (Lipinski definition) is 2. The Bertz CT molecular complexity index is 1010. The summed E-state index contributed by atoms with van der Waals surface area (Å²) in [4.78, 5) is 12.6. The number of hydrogen-bond donors (Lipinski definition) is 0. The van der Waals surface area contributed by atoms with Crippen molar-refractivity contribution in [2.75, 3.05) is 11.5 Å². The maximum absolute atomic E-state index is 13.7. The van der Waals surface area contributed by atoms with Crippen molar-refractivity contribution in [3.63, 3.8) is 0 Å². The molecule has 0 bridgehead atoms. The van der Waals surface area contributed by atoms with E-state index in [2.05, 4.69) is 31.9 Å². The van der Waals surface area contributed by atoms with Gasteiger partial charge in [0.05, 0.1) is 11.7 Å². The lowest BCUT2D eigenvalue weighted by molar-refractivity contribution is -0.139. The smallest absolute Gasteiger partial charge is 0.294 e. The van der Waals surface area contributed by atoms with Crippen molar-refractivity contribution in [3.8, 4) is 0 Å². The molecule has 186 valence electrons. The van der Waals surface area contributed by atoms with Crippen LogP contribution in [-0.2, 0) is 0 Å². The van der Waals surface area contributed by atoms with Crippen LogP contribution < -0.4 is 0 Å². The maximum atomic E-state index is 13.7. The number of ketones is 1. The molecule has 1 unspecified atom stereocenters. The molecule has 10 heteroatoms. The van der Waals surface area contributed by atoms with E-state index in [1.54, 1.807) is 38.1 Å². The van der Waals surface area contributed by atoms with Crippen molar-refractivity contribution in [2.45, 2.75) is 38.5 Å². The van der Waals surface area contributed by atoms with Crippen molar-refractivity contribution in [2.24, 2.45) is 5.92 Å². The van der Waals surface area contributed by atoms with Crippen LogP contribution in [0.2, 0.25) is 0 Å². The van der Waals surface area contributed by atoms with Crippen molar-refractivity contribution >= 4 is 55.5 Å². The van der Waals surface area contributed by atoms with E-state index in [0.717, 1.165) is 17.8 Å². The Labute approximate surface area is 215 Å². The van der Waals surface area contributed by atoms with Gasteiger partial charge < -0.3 is 0 Å². The summed E-state index contributed by atoms with van der Waals surface area (Å²) in [5.41, 5.74) is 1.58. The number of thioether (sulfide) groups is 1. The number of carbonyl (C=O) groups is 1. The fraction of sp³-hybridized carbons (Fsp3) is 0.375. The number of benzene rings is 2. The largest absolute Gasteiger partial charge is 0.399 e. The van der Waals surface area contributed by atoms with E-state index in [0.29, 0.717) is 25.6 Å². The maximum Gasteiger partial charge on any atom is 0.399 e. The fourth-order valence-electron chi connectivity index (χ4n) is 3.34. The molecule has 2 aromatic rings. The molecule has 0 aromatic heterocycles. The second kappa shape index (κ2) is 12.1. The zero-order chi connectivity index (χ0) is 25.7. The minimum atomic E-state index is -4.50. The number of Topliss-reactive ketones (excluding diaryl/α,β-unsaturated/α-hetero) is 1. The quantitative estimate of drug-likeness (QED) is 0.203. The third-order valence-corrected chi connectivity index (χ3v) is 7.08. The summed E-state index contributed by atoms with van der Waals surface area (Å²) >= 11 is 7.16. The second-order valence-corrected chi connectivity index (χ2v) is 10.9. The average Bonchev–Trinajstić information content (AvgIpc) is 2.65. The van der Waals surface area contributed by atoms with Gasteiger partial charge in [-0.1, -0.05) is 69.1 Å². The highest BCUT2D eigenvalue weighted by molar-refractivity contribution is 9.11. The molecule has 0 saturated carbocycles. The van der Waals surface area contributed by atoms with Gasteiger partial charge >= 0.3 is 12.4 Å². The molecule has 0 fully saturated rings. The van der Waals surface area contributed by atoms with E-state index in [9.17, 15) is 31.1 Å². The summed E-state index contributed by atoms with van der Waals surface area (Å²) < 4.78 is 79.0. The van der Waals surface area contributed by atoms with Crippen LogP contribution >= 0.6 is 43.6 Å². The number of halogens is 8. The van der Waals surface area contributed by atoms with Gasteiger partial charge in [-0.3, -0.25) is 4.79 Å². The van der Waals surface area contributed by atoms with E-state index in [1.165, 1.54) is 18.2 Å². The summed E-state index contributed by atoms with van der Waals surface area (Å²) in [7, 11) is 0. The first-order valence-electron chi connectivity index (χ1n) is 10.1. The Kier molecular flexibility index (Phi) is 10.3. The number of alkyl halides is 6. The van der Waals surface area contributed by atoms with Gasteiger partial charge in [-0.05, 0) is 53.5 Å². The summed E-state index contributed by atoms with van der Waals surface area (Å²) in [6, 6.07) is 9.20. The highest BCUT2D eigenvalue weighted by Crippen LogP contribution is 2.38. The lowest BCUT2D eigenvalue weighted by atomic mass is 9.94. The zero-order valence-electron chi connectivity index (χ0n) is 18.2. The first-order chi connectivity index (χ1) is 15.7. The van der Waals surface area contributed by atoms with Crippen LogP contribution in [0.1, 0.15) is 46.3 Å². The molecule has 2 atom stereocenters. The molecule has 34 heavy (non-hydrogen) atoms. The average molecular weight is 632 g/mol. The van der Waals surface area contributed by atoms with Gasteiger partial charge in [0.25, 0.3) is 0 Å². The first-order valence-corrected chi connectivity index (χ1v) is 12.9. The van der Waals surface area contributed by atoms with Crippen molar-refractivity contribution in [1.82, 2.24) is 0 Å². The summed E-state index contributed by atoms with van der Waals surface area (Å²) in [5, 5.41) is 0. The van der Waals surface area contributed by atoms with Gasteiger partial charge in [-0.15, -0.1) is 0 Å². The minimum absolute atomic E-state index is 0.0749. The summed E-state index contributed by atoms with van der Waals surface area (Å²) in [5.74, 6) is -3.02. The molecule has 2 aromatic carbocycles. The molecule has 0 radical (unpaired) electrons. The van der Waals surface area contributed by atoms with Crippen molar-refractivity contribution in [3.05, 3.63) is 73.7 Å². The van der Waals surface area contributed by atoms with Crippen molar-refractivity contribution < 1.29 is 31.1 Å². The standard InChI is InChI=1S/C24H22Br2F6OS/c1-14(12-34-13-23(27,28)29)7-22(33)20-5-3-16(8-15(20)2)4-6-21(24(30,31)32)17-9-18(25)11-19(26)10-17/h3-6,8-11,14,21H,7,12-13H2,1-2H3/b6-4+/t14-,21?/m0/s1. The lowest BCUT2D eigenvalue weighted by Gasteiger charge is -2.18. The monoisotopic (exact) mass is 630 g/mol. The van der Waals surface area contributed by atoms with Gasteiger partial charge in [0.1, 0.15) is 0 Å². The number of carbonyl (C=O) groups excluding carboxylic acids is 1. The van der Waals surface area contributed by atoms with E-state index < -0.39 is 24.0 Å². The Morgan fingerprint density at radius 1 is 1.03 bits per heavy atom. The lowest BCUT2D eigenvalue weighted by Crippen LogP contribution is -2.19. The summed E-state index contributed by atoms with van der Waals surface area (Å²) in [6.07, 6.45) is -6.21. The van der Waals surface area contributed by atoms with Crippen LogP contribution in [0.5, 0.6) is 0 Å². The first kappa shape index (κ1) is 29.0. The Hall–Kier alpha value is -1.26. The van der Waals surface area contributed by atoms with Gasteiger partial charge in [0, 0.05) is 20.9 Å². The second-order valence-electron chi connectivity index (χ2n) is 8.02. The molecule has 2 rings (SSSR count). The molecule has 0 aliphatic heterocycles. The number of rotatable bonds is 9. The molecule has 0 spiro atoms. The third kappa shape index (κ3) is 9.41. The fourth-order valence-corrected chi connectivity index (χ4v) is 5.53. The van der Waals surface area contributed by atoms with Crippen molar-refractivity contribution in [1.29, 1.82) is 0 Å². The molecule has 0 saturated heterocycles. The van der Waals surface area contributed by atoms with Crippen LogP contribution in [0.3, 0.4) is 0 Å². The molecule has 0 aliphatic carbocycles. The molecular formula is C24H22Br2F6OS. The van der Waals surface area contributed by atoms with E-state index in [-0.39, 0.29) is 29.4 Å². The topological polar surface area (TPSA) is 17.1 Å². The Morgan fingerprint density at radius 2 is 1.65 bits per heavy atom. The van der Waals surface area contributed by atoms with Gasteiger partial charge in [0.2, 0.25) is 0 Å². The predicted molar refractivity (Wildman–Crippen MR) is 132 cm³/mol. The van der Waals surface area contributed by atoms with Crippen LogP contribution in [0, 0.1) is 12.8 Å². The Balaban J connectivity index is 2.13. The van der Waals surface area contributed by atoms with E-state index >= 15 is 0 Å². The predicted octanol–water partition coefficient (Wildman–Crippen LogP) is 9.38. The summed E-state index contributed by atoms with van der Waals surface area (Å²) in [6.45, 7) is 3.39. The molecule has 0 heterocycles. The highest BCUT2D eigenvalue weighted by Gasteiger charge is 2.39. The molecule has 0 amide bonds. The van der Waals surface area contributed by atoms with Gasteiger partial charge in [-0.2, -0.15) is 38.1 Å². The number of allylic oxidation sites excluding steroid dienone is 1. The molecule has 0 aliphatic rings. The van der Waals surface area contributed by atoms with Crippen LogP contribution in [0.4, 0.5) is 26.3 Å². The van der Waals surface area contributed by atoms with Crippen LogP contribution in [0.25, 0.3) is 6.08 Å². The zero-order valence-corrected chi connectivity index (χ0v) is 22.2. The normalized spacial score (nSPS) is 14.4. The third-order valence-electron chi connectivity index (χ3n) is 4.83. The van der Waals surface area contributed by atoms with E-state index in [4.69, 9.17) is 0 Å².